The standard InChI is InChI=1S/C11H12F3N.ClH/c1-2-5-10(15)8-6-3-4-7-9(8)11(12,13)14;/h2-4,6-7,10H,1,5,15H2;1H/t10-;/m0./s1. The molecule has 16 heavy (non-hydrogen) atoms. The van der Waals surface area contributed by atoms with E-state index < -0.39 is 17.8 Å². The van der Waals surface area contributed by atoms with Crippen LogP contribution in [0, 0.1) is 0 Å². The van der Waals surface area contributed by atoms with Gasteiger partial charge in [-0.25, -0.2) is 0 Å². The van der Waals surface area contributed by atoms with Crippen LogP contribution in [0.2, 0.25) is 0 Å². The van der Waals surface area contributed by atoms with Gasteiger partial charge in [0.2, 0.25) is 0 Å². The fourth-order valence-corrected chi connectivity index (χ4v) is 1.39. The highest BCUT2D eigenvalue weighted by molar-refractivity contribution is 5.85. The first kappa shape index (κ1) is 15.0. The second-order valence-electron chi connectivity index (χ2n) is 3.22. The Kier molecular flexibility index (Phi) is 5.55. The van der Waals surface area contributed by atoms with Crippen molar-refractivity contribution < 1.29 is 13.2 Å². The Morgan fingerprint density at radius 2 is 1.88 bits per heavy atom. The molecular formula is C11H13ClF3N. The first-order valence-corrected chi connectivity index (χ1v) is 4.49. The summed E-state index contributed by atoms with van der Waals surface area (Å²) in [4.78, 5) is 0. The second-order valence-corrected chi connectivity index (χ2v) is 3.22. The van der Waals surface area contributed by atoms with E-state index >= 15 is 0 Å². The predicted octanol–water partition coefficient (Wildman–Crippen LogP) is 3.70. The van der Waals surface area contributed by atoms with Crippen molar-refractivity contribution >= 4 is 12.4 Å². The van der Waals surface area contributed by atoms with E-state index in [-0.39, 0.29) is 18.0 Å². The van der Waals surface area contributed by atoms with E-state index in [0.717, 1.165) is 6.07 Å². The lowest BCUT2D eigenvalue weighted by Gasteiger charge is -2.16. The Balaban J connectivity index is 0.00000225. The summed E-state index contributed by atoms with van der Waals surface area (Å²) in [5, 5.41) is 0. The van der Waals surface area contributed by atoms with E-state index in [1.807, 2.05) is 0 Å². The highest BCUT2D eigenvalue weighted by atomic mass is 35.5. The molecule has 0 radical (unpaired) electrons. The summed E-state index contributed by atoms with van der Waals surface area (Å²) in [5.41, 5.74) is 5.08. The minimum atomic E-state index is -4.35. The molecule has 0 aliphatic rings. The van der Waals surface area contributed by atoms with Gasteiger partial charge >= 0.3 is 6.18 Å². The van der Waals surface area contributed by atoms with E-state index in [9.17, 15) is 13.2 Å². The van der Waals surface area contributed by atoms with Gasteiger partial charge in [0.1, 0.15) is 0 Å². The van der Waals surface area contributed by atoms with Crippen molar-refractivity contribution in [1.29, 1.82) is 0 Å². The van der Waals surface area contributed by atoms with Crippen molar-refractivity contribution in [1.82, 2.24) is 0 Å². The Hall–Kier alpha value is -1.00. The molecule has 0 heterocycles. The van der Waals surface area contributed by atoms with Crippen LogP contribution < -0.4 is 5.73 Å². The molecule has 0 amide bonds. The van der Waals surface area contributed by atoms with Gasteiger partial charge in [-0.05, 0) is 18.1 Å². The Bertz CT molecular complexity index is 349. The molecule has 0 aliphatic carbocycles. The number of hydrogen-bond donors (Lipinski definition) is 1. The summed E-state index contributed by atoms with van der Waals surface area (Å²) >= 11 is 0. The average Bonchev–Trinajstić information content (AvgIpc) is 2.17. The van der Waals surface area contributed by atoms with E-state index in [4.69, 9.17) is 5.73 Å². The van der Waals surface area contributed by atoms with Gasteiger partial charge in [0.15, 0.2) is 0 Å². The third-order valence-electron chi connectivity index (χ3n) is 2.09. The molecule has 90 valence electrons. The molecule has 0 saturated heterocycles. The average molecular weight is 252 g/mol. The fourth-order valence-electron chi connectivity index (χ4n) is 1.39. The Morgan fingerprint density at radius 3 is 2.38 bits per heavy atom. The summed E-state index contributed by atoms with van der Waals surface area (Å²) in [6.07, 6.45) is -2.51. The maximum Gasteiger partial charge on any atom is 0.416 e. The highest BCUT2D eigenvalue weighted by Gasteiger charge is 2.33. The first-order valence-electron chi connectivity index (χ1n) is 4.49. The molecule has 1 rings (SSSR count). The van der Waals surface area contributed by atoms with Crippen molar-refractivity contribution in [2.24, 2.45) is 5.73 Å². The zero-order valence-electron chi connectivity index (χ0n) is 8.50. The van der Waals surface area contributed by atoms with Crippen LogP contribution in [0.3, 0.4) is 0 Å². The zero-order valence-corrected chi connectivity index (χ0v) is 9.31. The van der Waals surface area contributed by atoms with Crippen molar-refractivity contribution in [3.05, 3.63) is 48.0 Å². The van der Waals surface area contributed by atoms with Crippen LogP contribution in [0.25, 0.3) is 0 Å². The molecule has 1 nitrogen and oxygen atoms in total. The van der Waals surface area contributed by atoms with Crippen molar-refractivity contribution in [2.75, 3.05) is 0 Å². The lowest BCUT2D eigenvalue weighted by atomic mass is 9.98. The molecule has 2 N–H and O–H groups in total. The number of benzene rings is 1. The van der Waals surface area contributed by atoms with Gasteiger partial charge in [0.25, 0.3) is 0 Å². The molecule has 1 aromatic carbocycles. The zero-order chi connectivity index (χ0) is 11.5. The van der Waals surface area contributed by atoms with Crippen LogP contribution in [-0.4, -0.2) is 0 Å². The van der Waals surface area contributed by atoms with Crippen LogP contribution in [0.1, 0.15) is 23.6 Å². The maximum absolute atomic E-state index is 12.6. The number of halogens is 4. The van der Waals surface area contributed by atoms with Gasteiger partial charge in [0, 0.05) is 6.04 Å². The summed E-state index contributed by atoms with van der Waals surface area (Å²) in [7, 11) is 0. The molecule has 1 atom stereocenters. The third-order valence-corrected chi connectivity index (χ3v) is 2.09. The summed E-state index contributed by atoms with van der Waals surface area (Å²) < 4.78 is 37.7. The summed E-state index contributed by atoms with van der Waals surface area (Å²) in [6, 6.07) is 4.69. The van der Waals surface area contributed by atoms with Crippen molar-refractivity contribution in [3.63, 3.8) is 0 Å². The summed E-state index contributed by atoms with van der Waals surface area (Å²) in [6.45, 7) is 3.46. The Morgan fingerprint density at radius 1 is 1.31 bits per heavy atom. The van der Waals surface area contributed by atoms with Gasteiger partial charge in [-0.3, -0.25) is 0 Å². The quantitative estimate of drug-likeness (QED) is 0.815. The topological polar surface area (TPSA) is 26.0 Å². The number of rotatable bonds is 3. The van der Waals surface area contributed by atoms with Gasteiger partial charge in [0.05, 0.1) is 5.56 Å². The van der Waals surface area contributed by atoms with Crippen molar-refractivity contribution in [2.45, 2.75) is 18.6 Å². The minimum absolute atomic E-state index is 0. The smallest absolute Gasteiger partial charge is 0.324 e. The third kappa shape index (κ3) is 3.54. The van der Waals surface area contributed by atoms with Crippen LogP contribution in [0.5, 0.6) is 0 Å². The molecule has 0 bridgehead atoms. The van der Waals surface area contributed by atoms with Crippen LogP contribution in [0.15, 0.2) is 36.9 Å². The lowest BCUT2D eigenvalue weighted by Crippen LogP contribution is -2.16. The lowest BCUT2D eigenvalue weighted by molar-refractivity contribution is -0.138. The Labute approximate surface area is 98.6 Å². The molecule has 0 fully saturated rings. The summed E-state index contributed by atoms with van der Waals surface area (Å²) in [5.74, 6) is 0. The number of hydrogen-bond acceptors (Lipinski definition) is 1. The van der Waals surface area contributed by atoms with Crippen molar-refractivity contribution in [3.8, 4) is 0 Å². The van der Waals surface area contributed by atoms with E-state index in [1.165, 1.54) is 18.2 Å². The predicted molar refractivity (Wildman–Crippen MR) is 60.4 cm³/mol. The normalized spacial score (nSPS) is 12.8. The van der Waals surface area contributed by atoms with Gasteiger partial charge in [-0.1, -0.05) is 24.3 Å². The monoisotopic (exact) mass is 251 g/mol. The number of alkyl halides is 3. The molecule has 0 unspecified atom stereocenters. The second kappa shape index (κ2) is 5.92. The molecule has 0 aromatic heterocycles. The highest BCUT2D eigenvalue weighted by Crippen LogP contribution is 2.34. The molecule has 0 aliphatic heterocycles. The number of nitrogens with two attached hydrogens (primary N) is 1. The van der Waals surface area contributed by atoms with Gasteiger partial charge < -0.3 is 5.73 Å². The molecular weight excluding hydrogens is 239 g/mol. The molecule has 1 aromatic rings. The van der Waals surface area contributed by atoms with Crippen LogP contribution in [0.4, 0.5) is 13.2 Å². The van der Waals surface area contributed by atoms with Gasteiger partial charge in [-0.2, -0.15) is 13.2 Å². The molecule has 0 spiro atoms. The maximum atomic E-state index is 12.6. The largest absolute Gasteiger partial charge is 0.416 e. The molecule has 5 heteroatoms. The van der Waals surface area contributed by atoms with E-state index in [1.54, 1.807) is 6.07 Å². The minimum Gasteiger partial charge on any atom is -0.324 e. The SMILES string of the molecule is C=CC[C@H](N)c1ccccc1C(F)(F)F.Cl. The fraction of sp³-hybridized carbons (Fsp3) is 0.273. The first-order chi connectivity index (χ1) is 6.96. The molecule has 0 saturated carbocycles. The van der Waals surface area contributed by atoms with Crippen LogP contribution in [-0.2, 0) is 6.18 Å². The van der Waals surface area contributed by atoms with E-state index in [2.05, 4.69) is 6.58 Å². The van der Waals surface area contributed by atoms with Gasteiger partial charge in [-0.15, -0.1) is 19.0 Å². The van der Waals surface area contributed by atoms with Crippen LogP contribution >= 0.6 is 12.4 Å². The van der Waals surface area contributed by atoms with E-state index in [0.29, 0.717) is 6.42 Å².